The van der Waals surface area contributed by atoms with Crippen LogP contribution >= 0.6 is 11.3 Å². The van der Waals surface area contributed by atoms with Crippen LogP contribution in [0.5, 0.6) is 11.5 Å². The number of methoxy groups -OCH3 is 1. The van der Waals surface area contributed by atoms with Gasteiger partial charge in [0.15, 0.2) is 16.6 Å². The Kier molecular flexibility index (Phi) is 7.76. The molecule has 0 spiro atoms. The molecule has 1 aromatic heterocycles. The quantitative estimate of drug-likeness (QED) is 0.282. The molecule has 8 nitrogen and oxygen atoms in total. The van der Waals surface area contributed by atoms with Gasteiger partial charge in [0.25, 0.3) is 10.0 Å². The molecule has 1 heterocycles. The van der Waals surface area contributed by atoms with E-state index in [1.807, 2.05) is 0 Å². The van der Waals surface area contributed by atoms with Gasteiger partial charge in [-0.3, -0.25) is 4.72 Å². The molecule has 4 rings (SSSR count). The summed E-state index contributed by atoms with van der Waals surface area (Å²) in [5.41, 5.74) is -1.19. The summed E-state index contributed by atoms with van der Waals surface area (Å²) in [6, 6.07) is 4.09. The smallest absolute Gasteiger partial charge is 0.391 e. The molecular formula is C24H21F5N2O6S2. The van der Waals surface area contributed by atoms with E-state index in [2.05, 4.69) is 9.71 Å². The number of aromatic hydroxyl groups is 1. The van der Waals surface area contributed by atoms with Crippen LogP contribution in [0, 0.1) is 17.6 Å². The van der Waals surface area contributed by atoms with Crippen LogP contribution in [-0.4, -0.2) is 42.9 Å². The number of aromatic nitrogens is 1. The highest BCUT2D eigenvalue weighted by Gasteiger charge is 2.42. The van der Waals surface area contributed by atoms with Crippen molar-refractivity contribution in [1.29, 1.82) is 0 Å². The Bertz CT molecular complexity index is 1520. The van der Waals surface area contributed by atoms with E-state index in [-0.39, 0.29) is 47.6 Å². The molecule has 0 amide bonds. The number of aromatic carboxylic acids is 1. The molecule has 0 bridgehead atoms. The lowest BCUT2D eigenvalue weighted by Gasteiger charge is -2.30. The molecule has 1 aliphatic rings. The van der Waals surface area contributed by atoms with Crippen LogP contribution in [0.2, 0.25) is 0 Å². The summed E-state index contributed by atoms with van der Waals surface area (Å²) < 4.78 is 101. The summed E-state index contributed by atoms with van der Waals surface area (Å²) in [4.78, 5) is 15.0. The Labute approximate surface area is 223 Å². The van der Waals surface area contributed by atoms with Crippen LogP contribution in [0.3, 0.4) is 0 Å². The molecule has 3 aromatic rings. The number of carboxylic acid groups (broad SMARTS) is 1. The minimum atomic E-state index is -4.47. The highest BCUT2D eigenvalue weighted by molar-refractivity contribution is 7.92. The molecule has 39 heavy (non-hydrogen) atoms. The molecular weight excluding hydrogens is 571 g/mol. The molecule has 1 saturated carbocycles. The van der Waals surface area contributed by atoms with Gasteiger partial charge in [-0.05, 0) is 43.7 Å². The number of phenolic OH excluding ortho intramolecular Hbond substituents is 1. The second-order valence-electron chi connectivity index (χ2n) is 8.89. The number of nitrogens with one attached hydrogen (secondary N) is 1. The van der Waals surface area contributed by atoms with Crippen molar-refractivity contribution < 1.29 is 50.1 Å². The topological polar surface area (TPSA) is 126 Å². The Hall–Kier alpha value is -3.46. The van der Waals surface area contributed by atoms with Gasteiger partial charge in [0, 0.05) is 17.0 Å². The molecule has 0 saturated heterocycles. The highest BCUT2D eigenvalue weighted by atomic mass is 32.2. The monoisotopic (exact) mass is 592 g/mol. The van der Waals surface area contributed by atoms with Gasteiger partial charge in [0.2, 0.25) is 0 Å². The van der Waals surface area contributed by atoms with Gasteiger partial charge in [-0.15, -0.1) is 11.3 Å². The number of carboxylic acids is 1. The van der Waals surface area contributed by atoms with Gasteiger partial charge in [-0.2, -0.15) is 21.6 Å². The number of alkyl halides is 3. The molecule has 0 radical (unpaired) electrons. The summed E-state index contributed by atoms with van der Waals surface area (Å²) in [6.07, 6.45) is -4.32. The second-order valence-corrected chi connectivity index (χ2v) is 11.4. The molecule has 2 aromatic carbocycles. The third-order valence-corrected chi connectivity index (χ3v) is 8.80. The number of sulfonamides is 1. The van der Waals surface area contributed by atoms with Gasteiger partial charge in [0.05, 0.1) is 29.8 Å². The molecule has 0 atom stereocenters. The van der Waals surface area contributed by atoms with E-state index < -0.39 is 67.7 Å². The van der Waals surface area contributed by atoms with Crippen LogP contribution in [-0.2, 0) is 10.0 Å². The third-order valence-electron chi connectivity index (χ3n) is 6.53. The molecule has 0 unspecified atom stereocenters. The number of anilines is 1. The van der Waals surface area contributed by atoms with E-state index in [4.69, 9.17) is 9.84 Å². The summed E-state index contributed by atoms with van der Waals surface area (Å²) in [5.74, 6) is -6.81. The van der Waals surface area contributed by atoms with Crippen LogP contribution in [0.4, 0.5) is 27.6 Å². The van der Waals surface area contributed by atoms with Crippen molar-refractivity contribution in [1.82, 2.24) is 4.98 Å². The predicted molar refractivity (Wildman–Crippen MR) is 131 cm³/mol. The SMILES string of the molecule is COc1cc(C(=O)O)c(F)cc1NS(=O)(=O)c1csc(-c2ccc([C@H]3CC[C@H](C(F)(F)F)CC3)c(O)c2F)n1. The van der Waals surface area contributed by atoms with E-state index in [1.165, 1.54) is 12.1 Å². The van der Waals surface area contributed by atoms with Gasteiger partial charge >= 0.3 is 12.1 Å². The lowest BCUT2D eigenvalue weighted by molar-refractivity contribution is -0.182. The highest BCUT2D eigenvalue weighted by Crippen LogP contribution is 2.46. The van der Waals surface area contributed by atoms with Crippen molar-refractivity contribution in [3.05, 3.63) is 52.4 Å². The number of carbonyl (C=O) groups is 1. The van der Waals surface area contributed by atoms with Crippen molar-refractivity contribution >= 4 is 33.0 Å². The number of nitrogens with zero attached hydrogens (tertiary/aromatic N) is 1. The fraction of sp³-hybridized carbons (Fsp3) is 0.333. The average Bonchev–Trinajstić information content (AvgIpc) is 3.36. The first-order valence-corrected chi connectivity index (χ1v) is 13.8. The van der Waals surface area contributed by atoms with Crippen LogP contribution in [0.25, 0.3) is 10.6 Å². The van der Waals surface area contributed by atoms with E-state index in [9.17, 15) is 35.9 Å². The summed E-state index contributed by atoms with van der Waals surface area (Å²) in [5, 5.41) is 19.9. The molecule has 0 aliphatic heterocycles. The molecule has 3 N–H and O–H groups in total. The normalized spacial score (nSPS) is 18.1. The summed E-state index contributed by atoms with van der Waals surface area (Å²) in [7, 11) is -3.35. The Balaban J connectivity index is 1.57. The van der Waals surface area contributed by atoms with Gasteiger partial charge in [-0.25, -0.2) is 18.6 Å². The fourth-order valence-corrected chi connectivity index (χ4v) is 6.65. The number of halogens is 5. The average molecular weight is 593 g/mol. The third kappa shape index (κ3) is 5.78. The number of rotatable bonds is 7. The zero-order valence-corrected chi connectivity index (χ0v) is 21.7. The number of benzene rings is 2. The maximum Gasteiger partial charge on any atom is 0.391 e. The molecule has 1 aliphatic carbocycles. The maximum atomic E-state index is 15.1. The van der Waals surface area contributed by atoms with Crippen molar-refractivity contribution in [3.63, 3.8) is 0 Å². The zero-order valence-electron chi connectivity index (χ0n) is 20.1. The number of ether oxygens (including phenoxy) is 1. The van der Waals surface area contributed by atoms with Crippen molar-refractivity contribution in [2.45, 2.75) is 42.8 Å². The minimum Gasteiger partial charge on any atom is -0.505 e. The van der Waals surface area contributed by atoms with Crippen molar-refractivity contribution in [3.8, 4) is 22.1 Å². The first-order chi connectivity index (χ1) is 18.2. The number of thiazole rings is 1. The van der Waals surface area contributed by atoms with Gasteiger partial charge in [0.1, 0.15) is 16.6 Å². The van der Waals surface area contributed by atoms with Gasteiger partial charge in [-0.1, -0.05) is 6.07 Å². The Morgan fingerprint density at radius 3 is 2.41 bits per heavy atom. The largest absolute Gasteiger partial charge is 0.505 e. The van der Waals surface area contributed by atoms with Crippen molar-refractivity contribution in [2.24, 2.45) is 5.92 Å². The first-order valence-electron chi connectivity index (χ1n) is 11.4. The summed E-state index contributed by atoms with van der Waals surface area (Å²) in [6.45, 7) is 0. The predicted octanol–water partition coefficient (Wildman–Crippen LogP) is 6.14. The molecule has 210 valence electrons. The fourth-order valence-electron chi connectivity index (χ4n) is 4.47. The Morgan fingerprint density at radius 2 is 1.82 bits per heavy atom. The lowest BCUT2D eigenvalue weighted by Crippen LogP contribution is -2.27. The number of hydrogen-bond donors (Lipinski definition) is 3. The summed E-state index contributed by atoms with van der Waals surface area (Å²) >= 11 is 0.737. The lowest BCUT2D eigenvalue weighted by atomic mass is 9.78. The van der Waals surface area contributed by atoms with Crippen LogP contribution in [0.15, 0.2) is 34.7 Å². The number of phenols is 1. The standard InChI is InChI=1S/C24H21F5N2O6S2/c1-37-18-8-15(23(33)34)16(25)9-17(18)31-39(35,36)19-10-38-22(30-19)14-7-6-13(21(32)20(14)26)11-2-4-12(5-3-11)24(27,28)29/h6-12,31-32H,2-5H2,1H3,(H,33,34)/t11-,12-. The van der Waals surface area contributed by atoms with E-state index in [0.29, 0.717) is 6.07 Å². The first kappa shape index (κ1) is 28.5. The van der Waals surface area contributed by atoms with Crippen molar-refractivity contribution in [2.75, 3.05) is 11.8 Å². The minimum absolute atomic E-state index is 0.116. The van der Waals surface area contributed by atoms with Crippen LogP contribution < -0.4 is 9.46 Å². The number of hydrogen-bond acceptors (Lipinski definition) is 7. The molecule has 15 heteroatoms. The Morgan fingerprint density at radius 1 is 1.15 bits per heavy atom. The maximum absolute atomic E-state index is 15.1. The van der Waals surface area contributed by atoms with Crippen LogP contribution in [0.1, 0.15) is 47.5 Å². The van der Waals surface area contributed by atoms with E-state index >= 15 is 4.39 Å². The van der Waals surface area contributed by atoms with E-state index in [1.54, 1.807) is 0 Å². The second kappa shape index (κ2) is 10.6. The van der Waals surface area contributed by atoms with E-state index in [0.717, 1.165) is 29.9 Å². The molecule has 1 fully saturated rings. The zero-order chi connectivity index (χ0) is 28.7. The van der Waals surface area contributed by atoms with Gasteiger partial charge < -0.3 is 14.9 Å².